The lowest BCUT2D eigenvalue weighted by atomic mass is 10.1. The first kappa shape index (κ1) is 15.1. The number of rotatable bonds is 1. The summed E-state index contributed by atoms with van der Waals surface area (Å²) in [6.45, 7) is 0. The third-order valence-electron chi connectivity index (χ3n) is 1.93. The van der Waals surface area contributed by atoms with Gasteiger partial charge in [-0.3, -0.25) is 0 Å². The predicted octanol–water partition coefficient (Wildman–Crippen LogP) is 3.87. The van der Waals surface area contributed by atoms with Gasteiger partial charge in [-0.1, -0.05) is 0 Å². The minimum Gasteiger partial charge on any atom is -0.437 e. The maximum absolute atomic E-state index is 12.4. The Balaban J connectivity index is 3.29. The largest absolute Gasteiger partial charge is 0.513 e. The van der Waals surface area contributed by atoms with E-state index in [0.717, 1.165) is 7.11 Å². The SMILES string of the molecule is COC(=O)Oc1cc(C(F)(F)F)cc(C(F)(F)F)c1. The standard InChI is InChI=1S/C10H6F6O3/c1-18-8(17)19-7-3-5(9(11,12)13)2-6(4-7)10(14,15)16/h2-4H,1H3. The first-order valence-corrected chi connectivity index (χ1v) is 4.59. The highest BCUT2D eigenvalue weighted by Gasteiger charge is 2.37. The number of hydrogen-bond acceptors (Lipinski definition) is 3. The number of ether oxygens (including phenoxy) is 2. The van der Waals surface area contributed by atoms with Crippen molar-refractivity contribution >= 4 is 6.16 Å². The number of hydrogen-bond donors (Lipinski definition) is 0. The molecule has 0 aliphatic heterocycles. The highest BCUT2D eigenvalue weighted by molar-refractivity contribution is 5.63. The van der Waals surface area contributed by atoms with Gasteiger partial charge in [0.1, 0.15) is 5.75 Å². The lowest BCUT2D eigenvalue weighted by molar-refractivity contribution is -0.143. The number of halogens is 6. The molecular formula is C10H6F6O3. The van der Waals surface area contributed by atoms with E-state index in [1.54, 1.807) is 0 Å². The van der Waals surface area contributed by atoms with Crippen molar-refractivity contribution in [2.45, 2.75) is 12.4 Å². The number of benzene rings is 1. The van der Waals surface area contributed by atoms with Gasteiger partial charge in [-0.05, 0) is 18.2 Å². The summed E-state index contributed by atoms with van der Waals surface area (Å²) in [6.07, 6.45) is -11.4. The monoisotopic (exact) mass is 288 g/mol. The average Bonchev–Trinajstić information content (AvgIpc) is 2.26. The van der Waals surface area contributed by atoms with Crippen molar-refractivity contribution < 1.29 is 40.6 Å². The molecule has 1 rings (SSSR count). The number of methoxy groups -OCH3 is 1. The number of alkyl halides is 6. The second-order valence-electron chi connectivity index (χ2n) is 3.30. The van der Waals surface area contributed by atoms with E-state index in [9.17, 15) is 31.1 Å². The van der Waals surface area contributed by atoms with Gasteiger partial charge in [0.15, 0.2) is 0 Å². The molecule has 0 saturated carbocycles. The normalized spacial score (nSPS) is 12.2. The molecule has 106 valence electrons. The Bertz CT molecular complexity index is 445. The second-order valence-corrected chi connectivity index (χ2v) is 3.30. The summed E-state index contributed by atoms with van der Waals surface area (Å²) < 4.78 is 82.7. The van der Waals surface area contributed by atoms with Crippen LogP contribution in [0.4, 0.5) is 31.1 Å². The zero-order chi connectivity index (χ0) is 14.8. The van der Waals surface area contributed by atoms with Crippen LogP contribution in [0.5, 0.6) is 5.75 Å². The zero-order valence-electron chi connectivity index (χ0n) is 9.22. The fraction of sp³-hybridized carbons (Fsp3) is 0.300. The maximum Gasteiger partial charge on any atom is 0.513 e. The van der Waals surface area contributed by atoms with Crippen LogP contribution >= 0.6 is 0 Å². The third-order valence-corrected chi connectivity index (χ3v) is 1.93. The summed E-state index contributed by atoms with van der Waals surface area (Å²) in [5.74, 6) is -0.908. The van der Waals surface area contributed by atoms with Crippen LogP contribution in [0.1, 0.15) is 11.1 Å². The summed E-state index contributed by atoms with van der Waals surface area (Å²) in [4.78, 5) is 10.7. The molecule has 19 heavy (non-hydrogen) atoms. The first-order chi connectivity index (χ1) is 8.54. The summed E-state index contributed by atoms with van der Waals surface area (Å²) in [5, 5.41) is 0. The maximum atomic E-state index is 12.4. The Morgan fingerprint density at radius 3 is 1.68 bits per heavy atom. The van der Waals surface area contributed by atoms with Crippen LogP contribution in [0.15, 0.2) is 18.2 Å². The summed E-state index contributed by atoms with van der Waals surface area (Å²) in [5.41, 5.74) is -3.16. The molecule has 0 amide bonds. The van der Waals surface area contributed by atoms with E-state index < -0.39 is 35.4 Å². The van der Waals surface area contributed by atoms with Crippen molar-refractivity contribution in [2.24, 2.45) is 0 Å². The number of carbonyl (C=O) groups is 1. The molecule has 0 N–H and O–H groups in total. The molecule has 0 aliphatic carbocycles. The van der Waals surface area contributed by atoms with E-state index >= 15 is 0 Å². The number of carbonyl (C=O) groups excluding carboxylic acids is 1. The Labute approximate surface area is 102 Å². The van der Waals surface area contributed by atoms with E-state index in [0.29, 0.717) is 0 Å². The highest BCUT2D eigenvalue weighted by Crippen LogP contribution is 2.38. The summed E-state index contributed by atoms with van der Waals surface area (Å²) >= 11 is 0. The molecule has 0 radical (unpaired) electrons. The Hall–Kier alpha value is -1.93. The molecule has 0 spiro atoms. The van der Waals surface area contributed by atoms with Crippen LogP contribution in [0, 0.1) is 0 Å². The second kappa shape index (κ2) is 4.98. The topological polar surface area (TPSA) is 35.5 Å². The quantitative estimate of drug-likeness (QED) is 0.447. The molecule has 1 aromatic carbocycles. The molecule has 0 heterocycles. The fourth-order valence-electron chi connectivity index (χ4n) is 1.12. The highest BCUT2D eigenvalue weighted by atomic mass is 19.4. The van der Waals surface area contributed by atoms with Crippen LogP contribution in [-0.4, -0.2) is 13.3 Å². The minimum atomic E-state index is -5.00. The summed E-state index contributed by atoms with van der Waals surface area (Å²) in [6, 6.07) is 0.461. The van der Waals surface area contributed by atoms with Crippen LogP contribution in [0.2, 0.25) is 0 Å². The molecule has 0 aliphatic rings. The molecular weight excluding hydrogens is 282 g/mol. The van der Waals surface area contributed by atoms with Crippen molar-refractivity contribution in [1.29, 1.82) is 0 Å². The first-order valence-electron chi connectivity index (χ1n) is 4.59. The Kier molecular flexibility index (Phi) is 3.97. The molecule has 0 atom stereocenters. The van der Waals surface area contributed by atoms with Crippen molar-refractivity contribution in [3.05, 3.63) is 29.3 Å². The third kappa shape index (κ3) is 4.04. The predicted molar refractivity (Wildman–Crippen MR) is 49.5 cm³/mol. The van der Waals surface area contributed by atoms with Crippen molar-refractivity contribution in [2.75, 3.05) is 7.11 Å². The van der Waals surface area contributed by atoms with Gasteiger partial charge >= 0.3 is 18.5 Å². The van der Waals surface area contributed by atoms with Crippen LogP contribution in [0.25, 0.3) is 0 Å². The smallest absolute Gasteiger partial charge is 0.437 e. The summed E-state index contributed by atoms with van der Waals surface area (Å²) in [7, 11) is 0.862. The van der Waals surface area contributed by atoms with E-state index in [1.165, 1.54) is 0 Å². The lowest BCUT2D eigenvalue weighted by Crippen LogP contribution is -2.13. The van der Waals surface area contributed by atoms with E-state index in [-0.39, 0.29) is 18.2 Å². The zero-order valence-corrected chi connectivity index (χ0v) is 9.22. The van der Waals surface area contributed by atoms with Crippen LogP contribution < -0.4 is 4.74 Å². The van der Waals surface area contributed by atoms with Gasteiger partial charge in [-0.25, -0.2) is 4.79 Å². The van der Waals surface area contributed by atoms with Gasteiger partial charge in [0.2, 0.25) is 0 Å². The fourth-order valence-corrected chi connectivity index (χ4v) is 1.12. The molecule has 3 nitrogen and oxygen atoms in total. The van der Waals surface area contributed by atoms with Gasteiger partial charge in [0.05, 0.1) is 18.2 Å². The van der Waals surface area contributed by atoms with Crippen LogP contribution in [0.3, 0.4) is 0 Å². The molecule has 1 aromatic rings. The Morgan fingerprint density at radius 1 is 0.947 bits per heavy atom. The van der Waals surface area contributed by atoms with Crippen LogP contribution in [-0.2, 0) is 17.1 Å². The molecule has 0 fully saturated rings. The average molecular weight is 288 g/mol. The molecule has 0 bridgehead atoms. The van der Waals surface area contributed by atoms with Crippen molar-refractivity contribution in [3.8, 4) is 5.75 Å². The van der Waals surface area contributed by atoms with Gasteiger partial charge in [0.25, 0.3) is 0 Å². The van der Waals surface area contributed by atoms with E-state index in [1.807, 2.05) is 0 Å². The molecule has 0 saturated heterocycles. The molecule has 9 heteroatoms. The van der Waals surface area contributed by atoms with Gasteiger partial charge in [-0.2, -0.15) is 26.3 Å². The Morgan fingerprint density at radius 2 is 1.37 bits per heavy atom. The van der Waals surface area contributed by atoms with Gasteiger partial charge in [0, 0.05) is 0 Å². The molecule has 0 unspecified atom stereocenters. The van der Waals surface area contributed by atoms with Crippen molar-refractivity contribution in [3.63, 3.8) is 0 Å². The minimum absolute atomic E-state index is 0.0792. The van der Waals surface area contributed by atoms with Crippen molar-refractivity contribution in [1.82, 2.24) is 0 Å². The van der Waals surface area contributed by atoms with Gasteiger partial charge in [-0.15, -0.1) is 0 Å². The van der Waals surface area contributed by atoms with Gasteiger partial charge < -0.3 is 9.47 Å². The van der Waals surface area contributed by atoms with E-state index in [2.05, 4.69) is 9.47 Å². The molecule has 0 aromatic heterocycles. The van der Waals surface area contributed by atoms with E-state index in [4.69, 9.17) is 0 Å². The lowest BCUT2D eigenvalue weighted by Gasteiger charge is -2.13.